The van der Waals surface area contributed by atoms with Crippen LogP contribution < -0.4 is 9.46 Å². The minimum atomic E-state index is -3.65. The molecule has 0 spiro atoms. The lowest BCUT2D eigenvalue weighted by atomic mass is 10.3. The molecular formula is C11H12N2O5S. The summed E-state index contributed by atoms with van der Waals surface area (Å²) >= 11 is 0. The Morgan fingerprint density at radius 1 is 1.37 bits per heavy atom. The van der Waals surface area contributed by atoms with E-state index in [1.807, 2.05) is 6.07 Å². The second-order valence-corrected chi connectivity index (χ2v) is 5.23. The average Bonchev–Trinajstić information content (AvgIpc) is 2.37. The first-order valence-electron chi connectivity index (χ1n) is 5.27. The number of carbonyl (C=O) groups is 1. The van der Waals surface area contributed by atoms with E-state index in [2.05, 4.69) is 4.72 Å². The number of carboxylic acids is 1. The molecule has 0 atom stereocenters. The lowest BCUT2D eigenvalue weighted by Crippen LogP contribution is -2.24. The molecule has 0 fully saturated rings. The van der Waals surface area contributed by atoms with E-state index in [4.69, 9.17) is 15.1 Å². The maximum Gasteiger partial charge on any atom is 0.341 e. The Kier molecular flexibility index (Phi) is 5.29. The maximum atomic E-state index is 11.7. The zero-order valence-corrected chi connectivity index (χ0v) is 10.7. The number of nitriles is 1. The average molecular weight is 284 g/mol. The van der Waals surface area contributed by atoms with E-state index < -0.39 is 22.6 Å². The van der Waals surface area contributed by atoms with Gasteiger partial charge in [-0.15, -0.1) is 0 Å². The summed E-state index contributed by atoms with van der Waals surface area (Å²) in [6, 6.07) is 7.15. The number of hydrogen-bond donors (Lipinski definition) is 2. The molecule has 0 aliphatic carbocycles. The summed E-state index contributed by atoms with van der Waals surface area (Å²) in [5.74, 6) is -0.853. The van der Waals surface area contributed by atoms with E-state index in [0.717, 1.165) is 0 Å². The molecule has 1 aromatic carbocycles. The summed E-state index contributed by atoms with van der Waals surface area (Å²) in [7, 11) is -3.65. The monoisotopic (exact) mass is 284 g/mol. The summed E-state index contributed by atoms with van der Waals surface area (Å²) in [6.45, 7) is -0.456. The van der Waals surface area contributed by atoms with Crippen LogP contribution in [0, 0.1) is 11.3 Å². The second kappa shape index (κ2) is 6.72. The van der Waals surface area contributed by atoms with E-state index >= 15 is 0 Å². The van der Waals surface area contributed by atoms with Gasteiger partial charge in [0.1, 0.15) is 5.75 Å². The van der Waals surface area contributed by atoms with Crippen LogP contribution in [0.5, 0.6) is 5.75 Å². The number of aliphatic carboxylic acids is 1. The molecule has 0 saturated heterocycles. The molecule has 0 heterocycles. The van der Waals surface area contributed by atoms with Gasteiger partial charge in [-0.25, -0.2) is 17.9 Å². The molecule has 0 amide bonds. The fourth-order valence-electron chi connectivity index (χ4n) is 1.18. The molecular weight excluding hydrogens is 272 g/mol. The lowest BCUT2D eigenvalue weighted by molar-refractivity contribution is -0.139. The highest BCUT2D eigenvalue weighted by Crippen LogP contribution is 2.15. The van der Waals surface area contributed by atoms with Crippen molar-refractivity contribution in [1.29, 1.82) is 5.26 Å². The second-order valence-electron chi connectivity index (χ2n) is 3.46. The molecule has 0 saturated carbocycles. The van der Waals surface area contributed by atoms with Crippen molar-refractivity contribution in [2.45, 2.75) is 11.3 Å². The van der Waals surface area contributed by atoms with Gasteiger partial charge in [-0.05, 0) is 24.3 Å². The van der Waals surface area contributed by atoms with Crippen LogP contribution in [-0.2, 0) is 14.8 Å². The molecule has 0 aliphatic heterocycles. The molecule has 0 unspecified atom stereocenters. The van der Waals surface area contributed by atoms with Crippen molar-refractivity contribution >= 4 is 16.0 Å². The van der Waals surface area contributed by atoms with Crippen LogP contribution in [0.2, 0.25) is 0 Å². The normalized spacial score (nSPS) is 10.7. The first-order valence-corrected chi connectivity index (χ1v) is 6.75. The van der Waals surface area contributed by atoms with Gasteiger partial charge in [0.25, 0.3) is 0 Å². The Hall–Kier alpha value is -2.11. The Morgan fingerprint density at radius 2 is 2.00 bits per heavy atom. The SMILES string of the molecule is N#CCCNS(=O)(=O)c1ccc(OCC(=O)O)cc1. The van der Waals surface area contributed by atoms with E-state index in [1.165, 1.54) is 24.3 Å². The summed E-state index contributed by atoms with van der Waals surface area (Å²) < 4.78 is 30.6. The number of benzene rings is 1. The lowest BCUT2D eigenvalue weighted by Gasteiger charge is -2.06. The van der Waals surface area contributed by atoms with Crippen molar-refractivity contribution in [3.05, 3.63) is 24.3 Å². The molecule has 7 nitrogen and oxygen atoms in total. The molecule has 2 N–H and O–H groups in total. The van der Waals surface area contributed by atoms with Crippen LogP contribution >= 0.6 is 0 Å². The van der Waals surface area contributed by atoms with Crippen molar-refractivity contribution in [3.8, 4) is 11.8 Å². The molecule has 19 heavy (non-hydrogen) atoms. The van der Waals surface area contributed by atoms with Gasteiger partial charge in [-0.1, -0.05) is 0 Å². The minimum Gasteiger partial charge on any atom is -0.482 e. The van der Waals surface area contributed by atoms with Crippen molar-refractivity contribution in [3.63, 3.8) is 0 Å². The molecule has 1 rings (SSSR count). The van der Waals surface area contributed by atoms with Gasteiger partial charge in [0.2, 0.25) is 10.0 Å². The van der Waals surface area contributed by atoms with Gasteiger partial charge in [0.15, 0.2) is 6.61 Å². The highest BCUT2D eigenvalue weighted by atomic mass is 32.2. The standard InChI is InChI=1S/C11H12N2O5S/c12-6-1-7-13-19(16,17)10-4-2-9(3-5-10)18-8-11(14)15/h2-5,13H,1,7-8H2,(H,14,15). The van der Waals surface area contributed by atoms with Crippen molar-refractivity contribution in [2.24, 2.45) is 0 Å². The summed E-state index contributed by atoms with van der Waals surface area (Å²) in [5, 5.41) is 16.7. The van der Waals surface area contributed by atoms with Gasteiger partial charge in [-0.2, -0.15) is 5.26 Å². The zero-order valence-electron chi connectivity index (χ0n) is 9.87. The molecule has 0 aromatic heterocycles. The van der Waals surface area contributed by atoms with Crippen molar-refractivity contribution in [1.82, 2.24) is 4.72 Å². The van der Waals surface area contributed by atoms with E-state index in [9.17, 15) is 13.2 Å². The van der Waals surface area contributed by atoms with Crippen molar-refractivity contribution < 1.29 is 23.1 Å². The van der Waals surface area contributed by atoms with Crippen LogP contribution in [0.4, 0.5) is 0 Å². The fourth-order valence-corrected chi connectivity index (χ4v) is 2.22. The molecule has 0 bridgehead atoms. The topological polar surface area (TPSA) is 116 Å². The minimum absolute atomic E-state index is 0.0214. The first-order chi connectivity index (χ1) is 8.95. The van der Waals surface area contributed by atoms with E-state index in [0.29, 0.717) is 0 Å². The number of sulfonamides is 1. The Morgan fingerprint density at radius 3 is 2.53 bits per heavy atom. The van der Waals surface area contributed by atoms with Gasteiger partial charge < -0.3 is 9.84 Å². The Balaban J connectivity index is 2.70. The number of nitrogens with one attached hydrogen (secondary N) is 1. The zero-order chi connectivity index (χ0) is 14.3. The number of nitrogens with zero attached hydrogens (tertiary/aromatic N) is 1. The Bertz CT molecular complexity index is 574. The smallest absolute Gasteiger partial charge is 0.341 e. The molecule has 1 aromatic rings. The first kappa shape index (κ1) is 14.9. The quantitative estimate of drug-likeness (QED) is 0.697. The van der Waals surface area contributed by atoms with E-state index in [1.54, 1.807) is 0 Å². The number of hydrogen-bond acceptors (Lipinski definition) is 5. The van der Waals surface area contributed by atoms with Gasteiger partial charge in [0.05, 0.1) is 11.0 Å². The predicted octanol–water partition coefficient (Wildman–Crippen LogP) is 0.342. The fraction of sp³-hybridized carbons (Fsp3) is 0.273. The van der Waals surface area contributed by atoms with Crippen LogP contribution in [-0.4, -0.2) is 32.6 Å². The van der Waals surface area contributed by atoms with Gasteiger partial charge >= 0.3 is 5.97 Å². The van der Waals surface area contributed by atoms with E-state index in [-0.39, 0.29) is 23.6 Å². The maximum absolute atomic E-state index is 11.7. The number of carboxylic acid groups (broad SMARTS) is 1. The largest absolute Gasteiger partial charge is 0.482 e. The molecule has 8 heteroatoms. The van der Waals surface area contributed by atoms with Crippen LogP contribution in [0.25, 0.3) is 0 Å². The molecule has 102 valence electrons. The third-order valence-corrected chi connectivity index (χ3v) is 3.50. The summed E-state index contributed by atoms with van der Waals surface area (Å²) in [4.78, 5) is 10.3. The highest BCUT2D eigenvalue weighted by molar-refractivity contribution is 7.89. The molecule has 0 radical (unpaired) electrons. The third-order valence-electron chi connectivity index (χ3n) is 2.03. The highest BCUT2D eigenvalue weighted by Gasteiger charge is 2.13. The third kappa shape index (κ3) is 4.95. The van der Waals surface area contributed by atoms with Gasteiger partial charge in [-0.3, -0.25) is 0 Å². The molecule has 0 aliphatic rings. The number of rotatable bonds is 7. The Labute approximate surface area is 110 Å². The number of ether oxygens (including phenoxy) is 1. The predicted molar refractivity (Wildman–Crippen MR) is 65.0 cm³/mol. The van der Waals surface area contributed by atoms with Crippen LogP contribution in [0.1, 0.15) is 6.42 Å². The van der Waals surface area contributed by atoms with Crippen LogP contribution in [0.3, 0.4) is 0 Å². The van der Waals surface area contributed by atoms with Crippen molar-refractivity contribution in [2.75, 3.05) is 13.2 Å². The van der Waals surface area contributed by atoms with Gasteiger partial charge in [0, 0.05) is 13.0 Å². The summed E-state index contributed by atoms with van der Waals surface area (Å²) in [6.07, 6.45) is 0.0824. The summed E-state index contributed by atoms with van der Waals surface area (Å²) in [5.41, 5.74) is 0. The van der Waals surface area contributed by atoms with Crippen LogP contribution in [0.15, 0.2) is 29.2 Å².